The monoisotopic (exact) mass is 246 g/mol. The third kappa shape index (κ3) is 0.947. The lowest BCUT2D eigenvalue weighted by atomic mass is 9.60. The Bertz CT molecular complexity index is 524. The molecule has 1 saturated heterocycles. The Morgan fingerprint density at radius 3 is 2.89 bits per heavy atom. The molecule has 94 valence electrons. The average molecular weight is 246 g/mol. The van der Waals surface area contributed by atoms with Gasteiger partial charge in [0.2, 0.25) is 6.23 Å². The minimum absolute atomic E-state index is 0.293. The Labute approximate surface area is 105 Å². The normalized spacial score (nSPS) is 43.8. The molecule has 0 aromatic rings. The first kappa shape index (κ1) is 10.2. The van der Waals surface area contributed by atoms with Gasteiger partial charge in [0.1, 0.15) is 5.54 Å². The molecule has 0 aromatic heterocycles. The number of oxime groups is 1. The van der Waals surface area contributed by atoms with Gasteiger partial charge in [-0.3, -0.25) is 4.90 Å². The number of amides is 1. The highest BCUT2D eigenvalue weighted by Gasteiger charge is 2.71. The summed E-state index contributed by atoms with van der Waals surface area (Å²) < 4.78 is 5.62. The number of allylic oxidation sites excluding steroid dienone is 2. The lowest BCUT2D eigenvalue weighted by molar-refractivity contribution is -0.0898. The van der Waals surface area contributed by atoms with E-state index in [0.717, 1.165) is 18.6 Å². The minimum atomic E-state index is -0.474. The summed E-state index contributed by atoms with van der Waals surface area (Å²) in [6.07, 6.45) is 9.83. The molecule has 0 radical (unpaired) electrons. The maximum atomic E-state index is 12.2. The van der Waals surface area contributed by atoms with E-state index < -0.39 is 5.60 Å². The van der Waals surface area contributed by atoms with E-state index in [4.69, 9.17) is 9.57 Å². The van der Waals surface area contributed by atoms with E-state index in [9.17, 15) is 4.79 Å². The zero-order valence-corrected chi connectivity index (χ0v) is 10.1. The summed E-state index contributed by atoms with van der Waals surface area (Å²) in [7, 11) is 0. The zero-order valence-electron chi connectivity index (χ0n) is 10.1. The van der Waals surface area contributed by atoms with Crippen LogP contribution in [-0.2, 0) is 9.57 Å². The molecular weight excluding hydrogens is 232 g/mol. The van der Waals surface area contributed by atoms with Gasteiger partial charge in [0.25, 0.3) is 0 Å². The number of ether oxygens (including phenoxy) is 1. The van der Waals surface area contributed by atoms with Gasteiger partial charge in [0.05, 0.1) is 5.71 Å². The van der Waals surface area contributed by atoms with Gasteiger partial charge in [-0.25, -0.2) is 4.79 Å². The van der Waals surface area contributed by atoms with E-state index in [1.807, 2.05) is 25.2 Å². The molecule has 2 heterocycles. The number of hydrogen-bond donors (Lipinski definition) is 0. The topological polar surface area (TPSA) is 51.1 Å². The van der Waals surface area contributed by atoms with Crippen molar-refractivity contribution in [2.75, 3.05) is 0 Å². The van der Waals surface area contributed by atoms with Gasteiger partial charge in [-0.15, -0.1) is 0 Å². The van der Waals surface area contributed by atoms with Crippen molar-refractivity contribution in [1.82, 2.24) is 4.90 Å². The molecule has 0 spiro atoms. The van der Waals surface area contributed by atoms with Gasteiger partial charge in [0, 0.05) is 6.42 Å². The van der Waals surface area contributed by atoms with Crippen LogP contribution in [0.25, 0.3) is 0 Å². The molecule has 3 unspecified atom stereocenters. The second kappa shape index (κ2) is 2.96. The van der Waals surface area contributed by atoms with Crippen LogP contribution < -0.4 is 0 Å². The number of carbonyl (C=O) groups is 1. The molecule has 0 bridgehead atoms. The Balaban J connectivity index is 1.74. The van der Waals surface area contributed by atoms with Crippen LogP contribution in [0.3, 0.4) is 0 Å². The van der Waals surface area contributed by atoms with Crippen molar-refractivity contribution in [2.45, 2.75) is 43.6 Å². The fourth-order valence-corrected chi connectivity index (χ4v) is 3.44. The number of carbonyl (C=O) groups excluding carboxylic acids is 1. The average Bonchev–Trinajstić information content (AvgIpc) is 2.81. The summed E-state index contributed by atoms with van der Waals surface area (Å²) in [6, 6.07) is 0. The molecule has 4 rings (SSSR count). The molecule has 1 saturated carbocycles. The molecule has 3 atom stereocenters. The third-order valence-electron chi connectivity index (χ3n) is 4.44. The van der Waals surface area contributed by atoms with E-state index in [-0.39, 0.29) is 17.9 Å². The van der Waals surface area contributed by atoms with E-state index in [1.54, 1.807) is 4.90 Å². The quantitative estimate of drug-likeness (QED) is 0.710. The Kier molecular flexibility index (Phi) is 1.68. The summed E-state index contributed by atoms with van der Waals surface area (Å²) in [5, 5.41) is 3.94. The molecular formula is C13H14N2O3. The molecule has 5 heteroatoms. The first-order valence-electron chi connectivity index (χ1n) is 6.26. The maximum Gasteiger partial charge on any atom is 0.414 e. The largest absolute Gasteiger partial charge is 0.436 e. The molecule has 4 aliphatic rings. The van der Waals surface area contributed by atoms with Crippen molar-refractivity contribution in [3.8, 4) is 0 Å². The summed E-state index contributed by atoms with van der Waals surface area (Å²) >= 11 is 0. The van der Waals surface area contributed by atoms with Crippen LogP contribution in [0.5, 0.6) is 0 Å². The SMILES string of the molecule is CC1=NOC(N2C(=O)OC34C=CC=CC23CC4)C1. The highest BCUT2D eigenvalue weighted by molar-refractivity contribution is 5.84. The second-order valence-corrected chi connectivity index (χ2v) is 5.36. The van der Waals surface area contributed by atoms with Crippen molar-refractivity contribution in [3.05, 3.63) is 24.3 Å². The lowest BCUT2D eigenvalue weighted by Crippen LogP contribution is -2.66. The van der Waals surface area contributed by atoms with Gasteiger partial charge in [-0.1, -0.05) is 23.4 Å². The van der Waals surface area contributed by atoms with Crippen LogP contribution in [0.15, 0.2) is 29.5 Å². The summed E-state index contributed by atoms with van der Waals surface area (Å²) in [5.74, 6) is 0. The van der Waals surface area contributed by atoms with Crippen LogP contribution in [0.4, 0.5) is 4.79 Å². The number of rotatable bonds is 1. The summed E-state index contributed by atoms with van der Waals surface area (Å²) in [4.78, 5) is 19.3. The van der Waals surface area contributed by atoms with Gasteiger partial charge in [-0.2, -0.15) is 0 Å². The molecule has 0 N–H and O–H groups in total. The predicted octanol–water partition coefficient (Wildman–Crippen LogP) is 1.96. The highest BCUT2D eigenvalue weighted by atomic mass is 16.7. The lowest BCUT2D eigenvalue weighted by Gasteiger charge is -2.53. The molecule has 2 fully saturated rings. The van der Waals surface area contributed by atoms with Gasteiger partial charge in [-0.05, 0) is 25.8 Å². The second-order valence-electron chi connectivity index (χ2n) is 5.36. The summed E-state index contributed by atoms with van der Waals surface area (Å²) in [5.41, 5.74) is 0.0823. The van der Waals surface area contributed by atoms with E-state index in [1.165, 1.54) is 0 Å². The third-order valence-corrected chi connectivity index (χ3v) is 4.44. The van der Waals surface area contributed by atoms with Gasteiger partial charge < -0.3 is 9.57 Å². The smallest absolute Gasteiger partial charge is 0.414 e. The van der Waals surface area contributed by atoms with Crippen molar-refractivity contribution in [1.29, 1.82) is 0 Å². The van der Waals surface area contributed by atoms with E-state index >= 15 is 0 Å². The van der Waals surface area contributed by atoms with Gasteiger partial charge >= 0.3 is 6.09 Å². The highest BCUT2D eigenvalue weighted by Crippen LogP contribution is 2.58. The van der Waals surface area contributed by atoms with Crippen LogP contribution in [-0.4, -0.2) is 34.1 Å². The predicted molar refractivity (Wildman–Crippen MR) is 63.9 cm³/mol. The zero-order chi connectivity index (χ0) is 12.4. The summed E-state index contributed by atoms with van der Waals surface area (Å²) in [6.45, 7) is 1.91. The molecule has 5 nitrogen and oxygen atoms in total. The van der Waals surface area contributed by atoms with Crippen LogP contribution in [0.2, 0.25) is 0 Å². The van der Waals surface area contributed by atoms with Crippen LogP contribution in [0.1, 0.15) is 26.2 Å². The number of hydrogen-bond acceptors (Lipinski definition) is 4. The standard InChI is InChI=1S/C13H14N2O3/c1-9-8-10(18-14-9)15-11(16)17-13-5-3-2-4-12(13,15)6-7-13/h2-5,10H,6-8H2,1H3. The van der Waals surface area contributed by atoms with E-state index in [0.29, 0.717) is 6.42 Å². The van der Waals surface area contributed by atoms with Crippen molar-refractivity contribution in [3.63, 3.8) is 0 Å². The Morgan fingerprint density at radius 1 is 1.39 bits per heavy atom. The molecule has 18 heavy (non-hydrogen) atoms. The minimum Gasteiger partial charge on any atom is -0.436 e. The van der Waals surface area contributed by atoms with Crippen molar-refractivity contribution < 1.29 is 14.4 Å². The fourth-order valence-electron chi connectivity index (χ4n) is 3.44. The molecule has 0 aromatic carbocycles. The fraction of sp³-hybridized carbons (Fsp3) is 0.538. The molecule has 1 amide bonds. The van der Waals surface area contributed by atoms with Gasteiger partial charge in [0.15, 0.2) is 5.60 Å². The molecule has 2 aliphatic heterocycles. The Morgan fingerprint density at radius 2 is 2.22 bits per heavy atom. The first-order valence-corrected chi connectivity index (χ1v) is 6.26. The first-order chi connectivity index (χ1) is 8.67. The van der Waals surface area contributed by atoms with Crippen molar-refractivity contribution >= 4 is 11.8 Å². The maximum absolute atomic E-state index is 12.2. The van der Waals surface area contributed by atoms with Crippen LogP contribution >= 0.6 is 0 Å². The number of nitrogens with zero attached hydrogens (tertiary/aromatic N) is 2. The molecule has 2 aliphatic carbocycles. The van der Waals surface area contributed by atoms with Crippen LogP contribution in [0, 0.1) is 0 Å². The van der Waals surface area contributed by atoms with E-state index in [2.05, 4.69) is 11.2 Å². The van der Waals surface area contributed by atoms with Crippen molar-refractivity contribution in [2.24, 2.45) is 5.16 Å². The Hall–Kier alpha value is -1.78.